The van der Waals surface area contributed by atoms with Gasteiger partial charge in [0, 0.05) is 31.4 Å². The van der Waals surface area contributed by atoms with Gasteiger partial charge in [0.2, 0.25) is 5.91 Å². The van der Waals surface area contributed by atoms with Crippen LogP contribution in [0.3, 0.4) is 0 Å². The molecule has 0 fully saturated rings. The number of anilines is 2. The molecule has 0 saturated carbocycles. The molecule has 2 aromatic rings. The number of amides is 1. The van der Waals surface area contributed by atoms with Gasteiger partial charge >= 0.3 is 0 Å². The van der Waals surface area contributed by atoms with E-state index < -0.39 is 0 Å². The molecule has 0 unspecified atom stereocenters. The van der Waals surface area contributed by atoms with Crippen molar-refractivity contribution in [2.75, 3.05) is 24.1 Å². The minimum Gasteiger partial charge on any atom is -0.399 e. The Morgan fingerprint density at radius 2 is 1.30 bits per heavy atom. The number of benzene rings is 2. The predicted octanol–water partition coefficient (Wildman–Crippen LogP) is 2.10. The second-order valence-electron chi connectivity index (χ2n) is 4.32. The maximum atomic E-state index is 12.3. The predicted molar refractivity (Wildman–Crippen MR) is 89.6 cm³/mol. The van der Waals surface area contributed by atoms with E-state index in [1.807, 2.05) is 0 Å². The van der Waals surface area contributed by atoms with Crippen LogP contribution in [0.4, 0.5) is 20.2 Å². The maximum Gasteiger partial charge on any atom is 0.221 e. The molecular weight excluding hydrogens is 302 g/mol. The number of nitrogen functional groups attached to an aromatic ring is 1. The Morgan fingerprint density at radius 3 is 1.61 bits per heavy atom. The van der Waals surface area contributed by atoms with Gasteiger partial charge in [0.25, 0.3) is 0 Å². The van der Waals surface area contributed by atoms with Crippen molar-refractivity contribution in [2.24, 2.45) is 11.5 Å². The van der Waals surface area contributed by atoms with E-state index in [4.69, 9.17) is 17.2 Å². The van der Waals surface area contributed by atoms with E-state index in [0.717, 1.165) is 0 Å². The van der Waals surface area contributed by atoms with E-state index in [1.54, 1.807) is 0 Å². The molecule has 0 radical (unpaired) electrons. The average molecular weight is 324 g/mol. The van der Waals surface area contributed by atoms with Crippen molar-refractivity contribution in [1.29, 1.82) is 0 Å². The summed E-state index contributed by atoms with van der Waals surface area (Å²) >= 11 is 0. The molecule has 0 aliphatic carbocycles. The fourth-order valence-corrected chi connectivity index (χ4v) is 1.20. The Bertz CT molecular complexity index is 536. The lowest BCUT2D eigenvalue weighted by atomic mass is 10.3. The quantitative estimate of drug-likeness (QED) is 0.634. The molecule has 0 bridgehead atoms. The molecule has 0 heterocycles. The van der Waals surface area contributed by atoms with E-state index in [9.17, 15) is 13.6 Å². The van der Waals surface area contributed by atoms with Crippen LogP contribution in [0.15, 0.2) is 48.5 Å². The lowest BCUT2D eigenvalue weighted by Gasteiger charge is -1.99. The molecule has 23 heavy (non-hydrogen) atoms. The fourth-order valence-electron chi connectivity index (χ4n) is 1.20. The summed E-state index contributed by atoms with van der Waals surface area (Å²) in [4.78, 5) is 10.5. The third-order valence-electron chi connectivity index (χ3n) is 2.20. The second-order valence-corrected chi connectivity index (χ2v) is 4.32. The number of carbonyl (C=O) groups excluding carboxylic acids is 1. The number of halogens is 2. The lowest BCUT2D eigenvalue weighted by Crippen LogP contribution is -2.11. The Hall–Kier alpha value is -2.51. The van der Waals surface area contributed by atoms with Crippen molar-refractivity contribution in [1.82, 2.24) is 0 Å². The first-order valence-electron chi connectivity index (χ1n) is 6.83. The first-order valence-corrected chi connectivity index (χ1v) is 6.83. The van der Waals surface area contributed by atoms with Crippen molar-refractivity contribution >= 4 is 17.3 Å². The van der Waals surface area contributed by atoms with Crippen molar-refractivity contribution in [3.8, 4) is 0 Å². The summed E-state index contributed by atoms with van der Waals surface area (Å²) in [6.07, 6.45) is 0. The highest BCUT2D eigenvalue weighted by Gasteiger charge is 1.93. The molecule has 0 spiro atoms. The molecule has 1 amide bonds. The first kappa shape index (κ1) is 20.5. The summed E-state index contributed by atoms with van der Waals surface area (Å²) in [5.41, 5.74) is 16.3. The SMILES string of the molecule is CC(=O)Nc1ccc(F)cc1.NCCN.Nc1ccc(F)cc1. The molecule has 2 aromatic carbocycles. The molecule has 5 nitrogen and oxygen atoms in total. The van der Waals surface area contributed by atoms with E-state index in [-0.39, 0.29) is 17.5 Å². The number of hydrogen-bond donors (Lipinski definition) is 4. The van der Waals surface area contributed by atoms with Gasteiger partial charge in [0.1, 0.15) is 11.6 Å². The van der Waals surface area contributed by atoms with Gasteiger partial charge in [0.15, 0.2) is 0 Å². The van der Waals surface area contributed by atoms with Crippen molar-refractivity contribution in [3.05, 3.63) is 60.2 Å². The highest BCUT2D eigenvalue weighted by molar-refractivity contribution is 5.88. The molecule has 0 aromatic heterocycles. The van der Waals surface area contributed by atoms with Crippen LogP contribution in [-0.4, -0.2) is 19.0 Å². The summed E-state index contributed by atoms with van der Waals surface area (Å²) in [6.45, 7) is 2.60. The molecule has 126 valence electrons. The third-order valence-corrected chi connectivity index (χ3v) is 2.20. The van der Waals surface area contributed by atoms with Crippen LogP contribution in [0, 0.1) is 11.6 Å². The molecule has 0 aliphatic heterocycles. The number of hydrogen-bond acceptors (Lipinski definition) is 4. The molecule has 7 heteroatoms. The van der Waals surface area contributed by atoms with Gasteiger partial charge in [-0.15, -0.1) is 0 Å². The van der Waals surface area contributed by atoms with Gasteiger partial charge in [-0.25, -0.2) is 8.78 Å². The van der Waals surface area contributed by atoms with Crippen LogP contribution in [-0.2, 0) is 4.79 Å². The van der Waals surface area contributed by atoms with Crippen LogP contribution in [0.1, 0.15) is 6.92 Å². The van der Waals surface area contributed by atoms with Gasteiger partial charge in [-0.3, -0.25) is 4.79 Å². The van der Waals surface area contributed by atoms with Gasteiger partial charge in [-0.05, 0) is 48.5 Å². The summed E-state index contributed by atoms with van der Waals surface area (Å²) in [5.74, 6) is -0.713. The van der Waals surface area contributed by atoms with Crippen molar-refractivity contribution in [3.63, 3.8) is 0 Å². The van der Waals surface area contributed by atoms with E-state index in [2.05, 4.69) is 5.32 Å². The number of rotatable bonds is 2. The van der Waals surface area contributed by atoms with Crippen molar-refractivity contribution < 1.29 is 13.6 Å². The standard InChI is InChI=1S/C8H8FNO.C6H6FN.C2H8N2/c1-6(11)10-8-4-2-7(9)3-5-8;7-5-1-3-6(8)4-2-5;3-1-2-4/h2-5H,1H3,(H,10,11);1-4H,8H2;1-4H2. The van der Waals surface area contributed by atoms with Crippen LogP contribution in [0.25, 0.3) is 0 Å². The van der Waals surface area contributed by atoms with Crippen LogP contribution >= 0.6 is 0 Å². The Kier molecular flexibility index (Phi) is 10.8. The van der Waals surface area contributed by atoms with Gasteiger partial charge in [-0.1, -0.05) is 0 Å². The Labute approximate surface area is 134 Å². The molecule has 2 rings (SSSR count). The Morgan fingerprint density at radius 1 is 0.913 bits per heavy atom. The highest BCUT2D eigenvalue weighted by atomic mass is 19.1. The maximum absolute atomic E-state index is 12.3. The van der Waals surface area contributed by atoms with Gasteiger partial charge < -0.3 is 22.5 Å². The second kappa shape index (κ2) is 12.1. The van der Waals surface area contributed by atoms with E-state index in [0.29, 0.717) is 24.5 Å². The monoisotopic (exact) mass is 324 g/mol. The summed E-state index contributed by atoms with van der Waals surface area (Å²) in [7, 11) is 0. The van der Waals surface area contributed by atoms with E-state index >= 15 is 0 Å². The van der Waals surface area contributed by atoms with Crippen LogP contribution in [0.2, 0.25) is 0 Å². The number of nitrogens with two attached hydrogens (primary N) is 3. The normalized spacial score (nSPS) is 8.91. The van der Waals surface area contributed by atoms with Gasteiger partial charge in [0.05, 0.1) is 0 Å². The molecular formula is C16H22F2N4O. The van der Waals surface area contributed by atoms with Crippen molar-refractivity contribution in [2.45, 2.75) is 6.92 Å². The number of nitrogens with one attached hydrogen (secondary N) is 1. The van der Waals surface area contributed by atoms with Gasteiger partial charge in [-0.2, -0.15) is 0 Å². The molecule has 0 saturated heterocycles. The summed E-state index contributed by atoms with van der Waals surface area (Å²) in [6, 6.07) is 11.3. The molecule has 0 aliphatic rings. The Balaban J connectivity index is 0.000000354. The van der Waals surface area contributed by atoms with E-state index in [1.165, 1.54) is 55.5 Å². The summed E-state index contributed by atoms with van der Waals surface area (Å²) in [5, 5.41) is 2.53. The zero-order chi connectivity index (χ0) is 17.7. The zero-order valence-electron chi connectivity index (χ0n) is 12.9. The fraction of sp³-hybridized carbons (Fsp3) is 0.188. The minimum absolute atomic E-state index is 0.156. The summed E-state index contributed by atoms with van der Waals surface area (Å²) < 4.78 is 24.3. The largest absolute Gasteiger partial charge is 0.399 e. The average Bonchev–Trinajstić information content (AvgIpc) is 2.53. The van der Waals surface area contributed by atoms with Crippen LogP contribution in [0.5, 0.6) is 0 Å². The topological polar surface area (TPSA) is 107 Å². The zero-order valence-corrected chi connectivity index (χ0v) is 12.9. The van der Waals surface area contributed by atoms with Crippen LogP contribution < -0.4 is 22.5 Å². The molecule has 0 atom stereocenters. The lowest BCUT2D eigenvalue weighted by molar-refractivity contribution is -0.114. The molecule has 7 N–H and O–H groups in total. The number of carbonyl (C=O) groups is 1. The smallest absolute Gasteiger partial charge is 0.221 e. The highest BCUT2D eigenvalue weighted by Crippen LogP contribution is 2.07. The first-order chi connectivity index (χ1) is 10.9. The minimum atomic E-state index is -0.306. The third kappa shape index (κ3) is 11.8.